The van der Waals surface area contributed by atoms with Gasteiger partial charge in [0.2, 0.25) is 5.91 Å². The first-order valence-corrected chi connectivity index (χ1v) is 7.59. The third-order valence-corrected chi connectivity index (χ3v) is 3.75. The van der Waals surface area contributed by atoms with Crippen LogP contribution in [0.3, 0.4) is 0 Å². The molecule has 0 aliphatic carbocycles. The van der Waals surface area contributed by atoms with E-state index >= 15 is 0 Å². The minimum Gasteiger partial charge on any atom is -0.355 e. The van der Waals surface area contributed by atoms with Gasteiger partial charge in [0.15, 0.2) is 0 Å². The zero-order chi connectivity index (χ0) is 18.6. The van der Waals surface area contributed by atoms with Gasteiger partial charge in [-0.2, -0.15) is 5.10 Å². The number of carbonyl (C=O) groups is 2. The van der Waals surface area contributed by atoms with E-state index < -0.39 is 4.92 Å². The van der Waals surface area contributed by atoms with Crippen LogP contribution in [-0.2, 0) is 17.9 Å². The molecule has 1 aromatic heterocycles. The molecule has 2 amide bonds. The first-order chi connectivity index (χ1) is 11.8. The molecule has 0 bridgehead atoms. The first kappa shape index (κ1) is 18.1. The van der Waals surface area contributed by atoms with Crippen LogP contribution < -0.4 is 10.6 Å². The molecule has 0 atom stereocenters. The van der Waals surface area contributed by atoms with Crippen LogP contribution >= 0.6 is 0 Å². The second kappa shape index (κ2) is 7.56. The number of rotatable bonds is 6. The summed E-state index contributed by atoms with van der Waals surface area (Å²) in [5.41, 5.74) is 1.91. The Hall–Kier alpha value is -3.23. The first-order valence-electron chi connectivity index (χ1n) is 7.59. The number of hydrogen-bond donors (Lipinski definition) is 2. The summed E-state index contributed by atoms with van der Waals surface area (Å²) >= 11 is 0. The molecule has 2 rings (SSSR count). The molecule has 0 saturated carbocycles. The summed E-state index contributed by atoms with van der Waals surface area (Å²) in [5.74, 6) is -0.488. The monoisotopic (exact) mass is 345 g/mol. The molecule has 0 spiro atoms. The van der Waals surface area contributed by atoms with Gasteiger partial charge >= 0.3 is 5.69 Å². The van der Waals surface area contributed by atoms with Crippen molar-refractivity contribution in [3.8, 4) is 0 Å². The van der Waals surface area contributed by atoms with Crippen molar-refractivity contribution in [2.24, 2.45) is 0 Å². The molecule has 0 unspecified atom stereocenters. The molecule has 9 nitrogen and oxygen atoms in total. The average molecular weight is 345 g/mol. The fraction of sp³-hybridized carbons (Fsp3) is 0.312. The fourth-order valence-electron chi connectivity index (χ4n) is 2.42. The second-order valence-corrected chi connectivity index (χ2v) is 5.49. The van der Waals surface area contributed by atoms with Crippen LogP contribution in [0.25, 0.3) is 0 Å². The normalized spacial score (nSPS) is 10.4. The zero-order valence-electron chi connectivity index (χ0n) is 14.2. The lowest BCUT2D eigenvalue weighted by molar-refractivity contribution is -0.386. The summed E-state index contributed by atoms with van der Waals surface area (Å²) in [7, 11) is 1.56. The van der Waals surface area contributed by atoms with E-state index in [0.717, 1.165) is 5.56 Å². The molecule has 9 heteroatoms. The summed E-state index contributed by atoms with van der Waals surface area (Å²) in [4.78, 5) is 34.0. The quantitative estimate of drug-likeness (QED) is 0.600. The summed E-state index contributed by atoms with van der Waals surface area (Å²) in [5, 5.41) is 20.3. The van der Waals surface area contributed by atoms with Gasteiger partial charge in [0.1, 0.15) is 17.9 Å². The van der Waals surface area contributed by atoms with Gasteiger partial charge in [0.25, 0.3) is 5.91 Å². The summed E-state index contributed by atoms with van der Waals surface area (Å²) < 4.78 is 1.32. The number of aryl methyl sites for hydroxylation is 1. The minimum atomic E-state index is -0.500. The van der Waals surface area contributed by atoms with E-state index in [1.165, 1.54) is 11.6 Å². The van der Waals surface area contributed by atoms with E-state index in [0.29, 0.717) is 11.3 Å². The Morgan fingerprint density at radius 1 is 1.24 bits per heavy atom. The standard InChI is InChI=1S/C16H19N5O4/c1-10-15(21(24)25)11(2)20(19-10)9-14(22)18-8-12-4-6-13(7-5-12)16(23)17-3/h4-7H,8-9H2,1-3H3,(H,17,23)(H,18,22). The van der Waals surface area contributed by atoms with E-state index in [4.69, 9.17) is 0 Å². The number of benzene rings is 1. The van der Waals surface area contributed by atoms with Crippen molar-refractivity contribution in [1.29, 1.82) is 0 Å². The van der Waals surface area contributed by atoms with Crippen molar-refractivity contribution in [1.82, 2.24) is 20.4 Å². The van der Waals surface area contributed by atoms with Gasteiger partial charge < -0.3 is 10.6 Å². The predicted molar refractivity (Wildman–Crippen MR) is 90.0 cm³/mol. The summed E-state index contributed by atoms with van der Waals surface area (Å²) in [6.07, 6.45) is 0. The minimum absolute atomic E-state index is 0.0717. The van der Waals surface area contributed by atoms with Gasteiger partial charge in [-0.15, -0.1) is 0 Å². The number of hydrogen-bond acceptors (Lipinski definition) is 5. The molecule has 0 aliphatic heterocycles. The molecule has 25 heavy (non-hydrogen) atoms. The average Bonchev–Trinajstić information content (AvgIpc) is 2.86. The third kappa shape index (κ3) is 4.19. The lowest BCUT2D eigenvalue weighted by atomic mass is 10.1. The number of nitrogens with zero attached hydrogens (tertiary/aromatic N) is 3. The molecule has 0 radical (unpaired) electrons. The van der Waals surface area contributed by atoms with Crippen molar-refractivity contribution in [2.75, 3.05) is 7.05 Å². The molecule has 0 saturated heterocycles. The van der Waals surface area contributed by atoms with Crippen LogP contribution in [0.2, 0.25) is 0 Å². The lowest BCUT2D eigenvalue weighted by Gasteiger charge is -2.07. The molecule has 2 N–H and O–H groups in total. The van der Waals surface area contributed by atoms with Crippen LogP contribution in [0.5, 0.6) is 0 Å². The Kier molecular flexibility index (Phi) is 5.48. The van der Waals surface area contributed by atoms with Crippen LogP contribution in [0.1, 0.15) is 27.3 Å². The van der Waals surface area contributed by atoms with Crippen molar-refractivity contribution < 1.29 is 14.5 Å². The highest BCUT2D eigenvalue weighted by molar-refractivity contribution is 5.93. The van der Waals surface area contributed by atoms with Gasteiger partial charge in [-0.05, 0) is 31.5 Å². The molecule has 0 aliphatic rings. The number of aromatic nitrogens is 2. The third-order valence-electron chi connectivity index (χ3n) is 3.75. The van der Waals surface area contributed by atoms with Crippen LogP contribution in [0.4, 0.5) is 5.69 Å². The highest BCUT2D eigenvalue weighted by atomic mass is 16.6. The maximum absolute atomic E-state index is 12.0. The molecule has 1 aromatic carbocycles. The van der Waals surface area contributed by atoms with Crippen molar-refractivity contribution in [3.63, 3.8) is 0 Å². The fourth-order valence-corrected chi connectivity index (χ4v) is 2.42. The molecule has 1 heterocycles. The number of nitro groups is 1. The maximum Gasteiger partial charge on any atom is 0.312 e. The Morgan fingerprint density at radius 3 is 2.40 bits per heavy atom. The Balaban J connectivity index is 1.96. The smallest absolute Gasteiger partial charge is 0.312 e. The number of amides is 2. The van der Waals surface area contributed by atoms with E-state index in [9.17, 15) is 19.7 Å². The Morgan fingerprint density at radius 2 is 1.88 bits per heavy atom. The second-order valence-electron chi connectivity index (χ2n) is 5.49. The van der Waals surface area contributed by atoms with Crippen molar-refractivity contribution in [2.45, 2.75) is 26.9 Å². The van der Waals surface area contributed by atoms with Gasteiger partial charge in [-0.1, -0.05) is 12.1 Å². The Bertz CT molecular complexity index is 811. The van der Waals surface area contributed by atoms with E-state index in [1.807, 2.05) is 0 Å². The van der Waals surface area contributed by atoms with E-state index in [2.05, 4.69) is 15.7 Å². The largest absolute Gasteiger partial charge is 0.355 e. The highest BCUT2D eigenvalue weighted by Gasteiger charge is 2.22. The van der Waals surface area contributed by atoms with E-state index in [1.54, 1.807) is 38.2 Å². The lowest BCUT2D eigenvalue weighted by Crippen LogP contribution is -2.28. The Labute approximate surface area is 144 Å². The van der Waals surface area contributed by atoms with Crippen LogP contribution in [0.15, 0.2) is 24.3 Å². The SMILES string of the molecule is CNC(=O)c1ccc(CNC(=O)Cn2nc(C)c([N+](=O)[O-])c2C)cc1. The topological polar surface area (TPSA) is 119 Å². The van der Waals surface area contributed by atoms with E-state index in [-0.39, 0.29) is 36.3 Å². The summed E-state index contributed by atoms with van der Waals surface area (Å²) in [6, 6.07) is 6.84. The van der Waals surface area contributed by atoms with Gasteiger partial charge in [-0.3, -0.25) is 24.4 Å². The molecule has 2 aromatic rings. The van der Waals surface area contributed by atoms with Crippen LogP contribution in [-0.4, -0.2) is 33.6 Å². The van der Waals surface area contributed by atoms with Gasteiger partial charge in [0.05, 0.1) is 4.92 Å². The number of nitrogens with one attached hydrogen (secondary N) is 2. The number of carbonyl (C=O) groups excluding carboxylic acids is 2. The van der Waals surface area contributed by atoms with Crippen molar-refractivity contribution in [3.05, 3.63) is 56.9 Å². The van der Waals surface area contributed by atoms with Gasteiger partial charge in [-0.25, -0.2) is 0 Å². The summed E-state index contributed by atoms with van der Waals surface area (Å²) in [6.45, 7) is 3.28. The molecular formula is C16H19N5O4. The maximum atomic E-state index is 12.0. The zero-order valence-corrected chi connectivity index (χ0v) is 14.2. The molecule has 0 fully saturated rings. The molecule has 132 valence electrons. The van der Waals surface area contributed by atoms with Gasteiger partial charge in [0, 0.05) is 19.2 Å². The highest BCUT2D eigenvalue weighted by Crippen LogP contribution is 2.21. The molecular weight excluding hydrogens is 326 g/mol. The predicted octanol–water partition coefficient (Wildman–Crippen LogP) is 1.08. The van der Waals surface area contributed by atoms with Crippen molar-refractivity contribution >= 4 is 17.5 Å². The van der Waals surface area contributed by atoms with Crippen LogP contribution in [0, 0.1) is 24.0 Å².